The number of rotatable bonds is 4. The molecule has 1 aliphatic heterocycles. The van der Waals surface area contributed by atoms with E-state index in [1.807, 2.05) is 18.5 Å². The number of nitrogens with two attached hydrogens (primary N) is 1. The van der Waals surface area contributed by atoms with Gasteiger partial charge in [-0.15, -0.1) is 23.7 Å². The number of nitrogens with zero attached hydrogens (tertiary/aromatic N) is 1. The monoisotopic (exact) mass is 368 g/mol. The number of thiophene rings is 1. The molecule has 1 aliphatic rings. The van der Waals surface area contributed by atoms with E-state index in [1.54, 1.807) is 16.2 Å². The SMILES string of the molecule is CN(Cc1csc(Br)c1)C(=O)[C@@H]1CC[C@H](CN)O1.Cl. The second-order valence-corrected chi connectivity index (χ2v) is 6.80. The van der Waals surface area contributed by atoms with E-state index in [0.717, 1.165) is 22.2 Å². The van der Waals surface area contributed by atoms with Gasteiger partial charge in [-0.25, -0.2) is 0 Å². The number of ether oxygens (including phenoxy) is 1. The summed E-state index contributed by atoms with van der Waals surface area (Å²) in [5.41, 5.74) is 6.68. The lowest BCUT2D eigenvalue weighted by Crippen LogP contribution is -2.36. The fourth-order valence-corrected chi connectivity index (χ4v) is 3.29. The maximum absolute atomic E-state index is 12.2. The summed E-state index contributed by atoms with van der Waals surface area (Å²) in [7, 11) is 1.81. The van der Waals surface area contributed by atoms with Gasteiger partial charge in [0.25, 0.3) is 5.91 Å². The van der Waals surface area contributed by atoms with E-state index in [2.05, 4.69) is 15.9 Å². The Labute approximate surface area is 131 Å². The molecule has 1 aromatic rings. The van der Waals surface area contributed by atoms with Crippen molar-refractivity contribution in [3.63, 3.8) is 0 Å². The van der Waals surface area contributed by atoms with Gasteiger partial charge >= 0.3 is 0 Å². The molecule has 0 aliphatic carbocycles. The van der Waals surface area contributed by atoms with Gasteiger partial charge in [0, 0.05) is 20.1 Å². The summed E-state index contributed by atoms with van der Waals surface area (Å²) in [5, 5.41) is 2.05. The van der Waals surface area contributed by atoms with Gasteiger partial charge in [0.15, 0.2) is 0 Å². The molecule has 0 unspecified atom stereocenters. The van der Waals surface area contributed by atoms with Gasteiger partial charge in [0.2, 0.25) is 0 Å². The summed E-state index contributed by atoms with van der Waals surface area (Å²) < 4.78 is 6.70. The molecule has 4 nitrogen and oxygen atoms in total. The smallest absolute Gasteiger partial charge is 0.251 e. The van der Waals surface area contributed by atoms with E-state index in [4.69, 9.17) is 10.5 Å². The summed E-state index contributed by atoms with van der Waals surface area (Å²) >= 11 is 5.04. The van der Waals surface area contributed by atoms with Gasteiger partial charge in [0.05, 0.1) is 9.89 Å². The van der Waals surface area contributed by atoms with Crippen LogP contribution < -0.4 is 5.73 Å². The molecule has 0 spiro atoms. The van der Waals surface area contributed by atoms with E-state index < -0.39 is 0 Å². The Bertz CT molecular complexity index is 430. The molecule has 1 saturated heterocycles. The third-order valence-electron chi connectivity index (χ3n) is 3.06. The van der Waals surface area contributed by atoms with Crippen LogP contribution in [0.2, 0.25) is 0 Å². The topological polar surface area (TPSA) is 55.6 Å². The number of halogens is 2. The van der Waals surface area contributed by atoms with E-state index in [9.17, 15) is 4.79 Å². The molecule has 19 heavy (non-hydrogen) atoms. The highest BCUT2D eigenvalue weighted by Gasteiger charge is 2.31. The summed E-state index contributed by atoms with van der Waals surface area (Å²) in [4.78, 5) is 13.9. The predicted molar refractivity (Wildman–Crippen MR) is 82.7 cm³/mol. The van der Waals surface area contributed by atoms with E-state index in [0.29, 0.717) is 13.1 Å². The Morgan fingerprint density at radius 1 is 1.63 bits per heavy atom. The zero-order valence-corrected chi connectivity index (χ0v) is 13.9. The van der Waals surface area contributed by atoms with Crippen molar-refractivity contribution in [2.24, 2.45) is 5.73 Å². The number of carbonyl (C=O) groups excluding carboxylic acids is 1. The van der Waals surface area contributed by atoms with Gasteiger partial charge in [-0.1, -0.05) is 0 Å². The van der Waals surface area contributed by atoms with Crippen LogP contribution in [-0.2, 0) is 16.1 Å². The van der Waals surface area contributed by atoms with Crippen LogP contribution in [0.1, 0.15) is 18.4 Å². The number of carbonyl (C=O) groups is 1. The van der Waals surface area contributed by atoms with Crippen molar-refractivity contribution in [2.75, 3.05) is 13.6 Å². The van der Waals surface area contributed by atoms with E-state index >= 15 is 0 Å². The minimum Gasteiger partial charge on any atom is -0.364 e. The van der Waals surface area contributed by atoms with Crippen molar-refractivity contribution >= 4 is 45.6 Å². The second-order valence-electron chi connectivity index (χ2n) is 4.51. The fraction of sp³-hybridized carbons (Fsp3) is 0.583. The molecule has 0 bridgehead atoms. The maximum atomic E-state index is 12.2. The molecule has 108 valence electrons. The Balaban J connectivity index is 0.00000180. The zero-order chi connectivity index (χ0) is 13.1. The molecule has 0 aromatic carbocycles. The average molecular weight is 370 g/mol. The molecule has 2 heterocycles. The van der Waals surface area contributed by atoms with E-state index in [1.165, 1.54) is 0 Å². The third-order valence-corrected chi connectivity index (χ3v) is 4.62. The van der Waals surface area contributed by atoms with Crippen LogP contribution in [-0.4, -0.2) is 36.6 Å². The highest BCUT2D eigenvalue weighted by molar-refractivity contribution is 9.11. The second kappa shape index (κ2) is 7.59. The fourth-order valence-electron chi connectivity index (χ4n) is 2.09. The molecule has 1 amide bonds. The normalized spacial score (nSPS) is 22.1. The lowest BCUT2D eigenvalue weighted by Gasteiger charge is -2.20. The highest BCUT2D eigenvalue weighted by atomic mass is 79.9. The first kappa shape index (κ1) is 16.9. The van der Waals surface area contributed by atoms with Crippen LogP contribution in [0.3, 0.4) is 0 Å². The number of likely N-dealkylation sites (N-methyl/N-ethyl adjacent to an activating group) is 1. The highest BCUT2D eigenvalue weighted by Crippen LogP contribution is 2.23. The molecular formula is C12H18BrClN2O2S. The standard InChI is InChI=1S/C12H17BrN2O2S.ClH/c1-15(6-8-4-11(13)18-7-8)12(16)10-3-2-9(5-14)17-10;/h4,7,9-10H,2-3,5-6,14H2,1H3;1H/t9-,10+;/m1./s1. The lowest BCUT2D eigenvalue weighted by molar-refractivity contribution is -0.141. The van der Waals surface area contributed by atoms with Crippen LogP contribution in [0.25, 0.3) is 0 Å². The summed E-state index contributed by atoms with van der Waals surface area (Å²) in [6.45, 7) is 1.11. The third kappa shape index (κ3) is 4.43. The van der Waals surface area contributed by atoms with Gasteiger partial charge in [-0.2, -0.15) is 0 Å². The predicted octanol–water partition coefficient (Wildman–Crippen LogP) is 2.40. The molecule has 0 radical (unpaired) electrons. The Hall–Kier alpha value is -0.140. The van der Waals surface area contributed by atoms with Crippen LogP contribution >= 0.6 is 39.7 Å². The minimum absolute atomic E-state index is 0. The van der Waals surface area contributed by atoms with Crippen molar-refractivity contribution in [1.29, 1.82) is 0 Å². The van der Waals surface area contributed by atoms with Gasteiger partial charge < -0.3 is 15.4 Å². The Kier molecular flexibility index (Phi) is 6.76. The van der Waals surface area contributed by atoms with Gasteiger partial charge in [-0.05, 0) is 45.8 Å². The molecule has 1 aromatic heterocycles. The quantitative estimate of drug-likeness (QED) is 0.886. The van der Waals surface area contributed by atoms with Crippen molar-refractivity contribution in [1.82, 2.24) is 4.90 Å². The van der Waals surface area contributed by atoms with Crippen molar-refractivity contribution < 1.29 is 9.53 Å². The first-order valence-electron chi connectivity index (χ1n) is 5.93. The van der Waals surface area contributed by atoms with Crippen molar-refractivity contribution in [3.8, 4) is 0 Å². The lowest BCUT2D eigenvalue weighted by atomic mass is 10.2. The molecule has 2 atom stereocenters. The number of hydrogen-bond donors (Lipinski definition) is 1. The average Bonchev–Trinajstić information content (AvgIpc) is 2.97. The van der Waals surface area contributed by atoms with E-state index in [-0.39, 0.29) is 30.5 Å². The Morgan fingerprint density at radius 3 is 2.89 bits per heavy atom. The minimum atomic E-state index is -0.314. The first-order valence-corrected chi connectivity index (χ1v) is 7.61. The molecule has 7 heteroatoms. The number of hydrogen-bond acceptors (Lipinski definition) is 4. The molecule has 1 fully saturated rings. The zero-order valence-electron chi connectivity index (χ0n) is 10.7. The number of amides is 1. The van der Waals surface area contributed by atoms with Gasteiger partial charge in [-0.3, -0.25) is 4.79 Å². The summed E-state index contributed by atoms with van der Waals surface area (Å²) in [6.07, 6.45) is 1.39. The van der Waals surface area contributed by atoms with Crippen molar-refractivity contribution in [2.45, 2.75) is 31.6 Å². The van der Waals surface area contributed by atoms with Crippen LogP contribution in [0, 0.1) is 0 Å². The molecule has 0 saturated carbocycles. The van der Waals surface area contributed by atoms with Crippen LogP contribution in [0.15, 0.2) is 15.2 Å². The summed E-state index contributed by atoms with van der Waals surface area (Å²) in [6, 6.07) is 2.03. The van der Waals surface area contributed by atoms with Gasteiger partial charge in [0.1, 0.15) is 6.10 Å². The molecule has 2 rings (SSSR count). The van der Waals surface area contributed by atoms with Crippen LogP contribution in [0.4, 0.5) is 0 Å². The van der Waals surface area contributed by atoms with Crippen molar-refractivity contribution in [3.05, 3.63) is 20.8 Å². The summed E-state index contributed by atoms with van der Waals surface area (Å²) in [5.74, 6) is 0.0493. The Morgan fingerprint density at radius 2 is 2.37 bits per heavy atom. The maximum Gasteiger partial charge on any atom is 0.251 e. The molecule has 2 N–H and O–H groups in total. The van der Waals surface area contributed by atoms with Crippen LogP contribution in [0.5, 0.6) is 0 Å². The largest absolute Gasteiger partial charge is 0.364 e. The first-order chi connectivity index (χ1) is 8.60. The molecular weight excluding hydrogens is 352 g/mol.